The standard InChI is InChI=1S/C29H34F2N4O3S/c1-35-18-25(36-2)22(17-24(35)27(30)31)21-16-20(10-11-29(37-3)12-14-38-15-13-29)6-8-23(21)32-28-34-33-26(39-28)9-7-19-4-5-19/h6,8,16-19,24,26-28,32-34H,4-5,12-15H2,1-3H3. The lowest BCUT2D eigenvalue weighted by Crippen LogP contribution is -2.37. The number of anilines is 1. The number of nitrogens with zero attached hydrogens (tertiary/aromatic N) is 1. The zero-order valence-electron chi connectivity index (χ0n) is 22.4. The van der Waals surface area contributed by atoms with E-state index in [1.807, 2.05) is 18.2 Å². The number of nitrogens with one attached hydrogen (secondary N) is 3. The molecule has 5 rings (SSSR count). The maximum Gasteiger partial charge on any atom is 0.262 e. The second-order valence-corrected chi connectivity index (χ2v) is 11.2. The average molecular weight is 557 g/mol. The summed E-state index contributed by atoms with van der Waals surface area (Å²) >= 11 is 1.62. The summed E-state index contributed by atoms with van der Waals surface area (Å²) in [5.41, 5.74) is 8.53. The van der Waals surface area contributed by atoms with E-state index >= 15 is 0 Å². The van der Waals surface area contributed by atoms with Crippen molar-refractivity contribution in [3.05, 3.63) is 47.4 Å². The lowest BCUT2D eigenvalue weighted by atomic mass is 9.93. The Bertz CT molecular complexity index is 1240. The number of halogens is 2. The fourth-order valence-corrected chi connectivity index (χ4v) is 5.52. The van der Waals surface area contributed by atoms with Crippen LogP contribution in [0.5, 0.6) is 0 Å². The SMILES string of the molecule is COC1=CN(C)C(C(F)F)C=C1c1cc(C#CC2(OC)CCOCC2)ccc1NC1NNC(C#CC2CC2)S1. The maximum atomic E-state index is 13.9. The second kappa shape index (κ2) is 12.2. The number of hydrogen-bond donors (Lipinski definition) is 3. The van der Waals surface area contributed by atoms with E-state index < -0.39 is 18.1 Å². The van der Waals surface area contributed by atoms with Crippen LogP contribution in [0, 0.1) is 29.6 Å². The normalized spacial score (nSPS) is 26.1. The Kier molecular flexibility index (Phi) is 8.70. The Labute approximate surface area is 233 Å². The van der Waals surface area contributed by atoms with E-state index in [4.69, 9.17) is 14.2 Å². The van der Waals surface area contributed by atoms with Crippen LogP contribution in [0.25, 0.3) is 5.57 Å². The van der Waals surface area contributed by atoms with Crippen LogP contribution in [0.4, 0.5) is 14.5 Å². The quantitative estimate of drug-likeness (QED) is 0.456. The molecular weight excluding hydrogens is 522 g/mol. The molecule has 3 heterocycles. The van der Waals surface area contributed by atoms with Crippen LogP contribution in [-0.4, -0.2) is 68.3 Å². The van der Waals surface area contributed by atoms with Gasteiger partial charge in [-0.2, -0.15) is 0 Å². The van der Waals surface area contributed by atoms with Crippen LogP contribution in [0.1, 0.15) is 36.8 Å². The Morgan fingerprint density at radius 1 is 1.18 bits per heavy atom. The van der Waals surface area contributed by atoms with Gasteiger partial charge in [-0.25, -0.2) is 19.6 Å². The van der Waals surface area contributed by atoms with Crippen molar-refractivity contribution in [1.82, 2.24) is 15.8 Å². The van der Waals surface area contributed by atoms with E-state index in [2.05, 4.69) is 39.9 Å². The first-order chi connectivity index (χ1) is 18.9. The highest BCUT2D eigenvalue weighted by Crippen LogP contribution is 2.37. The van der Waals surface area contributed by atoms with Gasteiger partial charge in [-0.1, -0.05) is 35.4 Å². The van der Waals surface area contributed by atoms with Crippen molar-refractivity contribution in [2.75, 3.05) is 39.8 Å². The molecule has 10 heteroatoms. The third-order valence-electron chi connectivity index (χ3n) is 7.21. The Balaban J connectivity index is 1.47. The fourth-order valence-electron chi connectivity index (χ4n) is 4.64. The van der Waals surface area contributed by atoms with Gasteiger partial charge in [0, 0.05) is 61.5 Å². The molecule has 0 amide bonds. The number of likely N-dealkylation sites (N-methyl/N-ethyl adjacent to an activating group) is 1. The highest BCUT2D eigenvalue weighted by molar-refractivity contribution is 8.01. The Hall–Kier alpha value is -2.73. The van der Waals surface area contributed by atoms with Crippen LogP contribution < -0.4 is 16.2 Å². The van der Waals surface area contributed by atoms with Gasteiger partial charge in [0.2, 0.25) is 0 Å². The van der Waals surface area contributed by atoms with Gasteiger partial charge < -0.3 is 24.4 Å². The number of ether oxygens (including phenoxy) is 3. The summed E-state index contributed by atoms with van der Waals surface area (Å²) in [6, 6.07) is 4.69. The van der Waals surface area contributed by atoms with Crippen LogP contribution in [0.2, 0.25) is 0 Å². The van der Waals surface area contributed by atoms with Gasteiger partial charge in [-0.3, -0.25) is 0 Å². The van der Waals surface area contributed by atoms with Crippen molar-refractivity contribution in [1.29, 1.82) is 0 Å². The van der Waals surface area contributed by atoms with Crippen LogP contribution >= 0.6 is 11.8 Å². The lowest BCUT2D eigenvalue weighted by molar-refractivity contribution is -0.0524. The van der Waals surface area contributed by atoms with Gasteiger partial charge >= 0.3 is 0 Å². The van der Waals surface area contributed by atoms with Crippen LogP contribution in [-0.2, 0) is 14.2 Å². The molecule has 39 heavy (non-hydrogen) atoms. The molecule has 0 spiro atoms. The van der Waals surface area contributed by atoms with Gasteiger partial charge in [0.05, 0.1) is 20.3 Å². The monoisotopic (exact) mass is 556 g/mol. The maximum absolute atomic E-state index is 13.9. The molecule has 1 aromatic rings. The van der Waals surface area contributed by atoms with E-state index in [1.165, 1.54) is 17.7 Å². The third kappa shape index (κ3) is 6.71. The van der Waals surface area contributed by atoms with Gasteiger partial charge in [-0.05, 0) is 37.1 Å². The first-order valence-electron chi connectivity index (χ1n) is 13.1. The largest absolute Gasteiger partial charge is 0.495 e. The number of methoxy groups -OCH3 is 2. The minimum atomic E-state index is -2.56. The van der Waals surface area contributed by atoms with Gasteiger partial charge in [0.15, 0.2) is 0 Å². The molecular formula is C29H34F2N4O3S. The van der Waals surface area contributed by atoms with E-state index in [9.17, 15) is 8.78 Å². The molecule has 3 fully saturated rings. The predicted octanol–water partition coefficient (Wildman–Crippen LogP) is 3.96. The molecule has 3 unspecified atom stereocenters. The number of rotatable bonds is 6. The summed E-state index contributed by atoms with van der Waals surface area (Å²) in [5.74, 6) is 14.2. The van der Waals surface area contributed by atoms with Gasteiger partial charge in [0.1, 0.15) is 28.3 Å². The molecule has 1 saturated carbocycles. The molecule has 0 aromatic heterocycles. The molecule has 3 N–H and O–H groups in total. The van der Waals surface area contributed by atoms with Gasteiger partial charge in [0.25, 0.3) is 6.43 Å². The topological polar surface area (TPSA) is 67.0 Å². The number of hydrogen-bond acceptors (Lipinski definition) is 8. The average Bonchev–Trinajstić information content (AvgIpc) is 3.68. The number of allylic oxidation sites excluding steroid dienone is 1. The van der Waals surface area contributed by atoms with E-state index in [-0.39, 0.29) is 10.9 Å². The molecule has 4 aliphatic rings. The summed E-state index contributed by atoms with van der Waals surface area (Å²) in [6.07, 6.45) is 4.35. The zero-order valence-corrected chi connectivity index (χ0v) is 23.2. The zero-order chi connectivity index (χ0) is 27.4. The van der Waals surface area contributed by atoms with Gasteiger partial charge in [-0.15, -0.1) is 0 Å². The number of hydrazine groups is 1. The molecule has 208 valence electrons. The second-order valence-electron chi connectivity index (χ2n) is 9.98. The molecule has 0 bridgehead atoms. The highest BCUT2D eigenvalue weighted by Gasteiger charge is 2.32. The van der Waals surface area contributed by atoms with E-state index in [0.717, 1.165) is 16.8 Å². The lowest BCUT2D eigenvalue weighted by Gasteiger charge is -2.31. The summed E-state index contributed by atoms with van der Waals surface area (Å²) in [5, 5.41) is 3.46. The highest BCUT2D eigenvalue weighted by atomic mass is 32.2. The van der Waals surface area contributed by atoms with Crippen LogP contribution in [0.3, 0.4) is 0 Å². The number of benzene rings is 1. The Morgan fingerprint density at radius 2 is 1.97 bits per heavy atom. The molecule has 0 radical (unpaired) electrons. The van der Waals surface area contributed by atoms with E-state index in [0.29, 0.717) is 43.3 Å². The van der Waals surface area contributed by atoms with Crippen molar-refractivity contribution < 1.29 is 23.0 Å². The predicted molar refractivity (Wildman–Crippen MR) is 149 cm³/mol. The summed E-state index contributed by atoms with van der Waals surface area (Å²) in [4.78, 5) is 1.47. The minimum absolute atomic E-state index is 0.0402. The molecule has 7 nitrogen and oxygen atoms in total. The summed E-state index contributed by atoms with van der Waals surface area (Å²) < 4.78 is 44.8. The van der Waals surface area contributed by atoms with E-state index in [1.54, 1.807) is 45.3 Å². The third-order valence-corrected chi connectivity index (χ3v) is 8.22. The van der Waals surface area contributed by atoms with Crippen molar-refractivity contribution in [2.24, 2.45) is 5.92 Å². The molecule has 3 atom stereocenters. The molecule has 1 aliphatic carbocycles. The summed E-state index contributed by atoms with van der Waals surface area (Å²) in [7, 11) is 4.84. The molecule has 1 aromatic carbocycles. The Morgan fingerprint density at radius 3 is 2.67 bits per heavy atom. The molecule has 2 saturated heterocycles. The minimum Gasteiger partial charge on any atom is -0.495 e. The van der Waals surface area contributed by atoms with Crippen molar-refractivity contribution in [3.8, 4) is 23.7 Å². The van der Waals surface area contributed by atoms with Crippen LogP contribution in [0.15, 0.2) is 36.2 Å². The first kappa shape index (κ1) is 27.8. The molecule has 3 aliphatic heterocycles. The summed E-state index contributed by atoms with van der Waals surface area (Å²) in [6.45, 7) is 1.19. The van der Waals surface area contributed by atoms with Crippen molar-refractivity contribution in [3.63, 3.8) is 0 Å². The number of thioether (sulfide) groups is 1. The smallest absolute Gasteiger partial charge is 0.262 e. The number of alkyl halides is 2. The van der Waals surface area contributed by atoms with Crippen molar-refractivity contribution in [2.45, 2.75) is 54.6 Å². The fraction of sp³-hybridized carbons (Fsp3) is 0.517. The van der Waals surface area contributed by atoms with Crippen molar-refractivity contribution >= 4 is 23.0 Å². The first-order valence-corrected chi connectivity index (χ1v) is 14.1.